The molecule has 0 aliphatic heterocycles. The summed E-state index contributed by atoms with van der Waals surface area (Å²) in [5.74, 6) is -0.574. The number of carbonyl (C=O) groups excluding carboxylic acids is 2. The van der Waals surface area contributed by atoms with Gasteiger partial charge in [-0.3, -0.25) is 9.59 Å². The van der Waals surface area contributed by atoms with Crippen molar-refractivity contribution >= 4 is 17.5 Å². The van der Waals surface area contributed by atoms with Crippen LogP contribution in [0.4, 0.5) is 5.69 Å². The lowest BCUT2D eigenvalue weighted by Crippen LogP contribution is -2.41. The lowest BCUT2D eigenvalue weighted by atomic mass is 9.86. The minimum atomic E-state index is -0.700. The highest BCUT2D eigenvalue weighted by Gasteiger charge is 2.21. The molecule has 2 N–H and O–H groups in total. The first-order valence-electron chi connectivity index (χ1n) is 10.4. The summed E-state index contributed by atoms with van der Waals surface area (Å²) in [5.41, 5.74) is 4.81. The predicted octanol–water partition coefficient (Wildman–Crippen LogP) is 4.54. The van der Waals surface area contributed by atoms with Crippen molar-refractivity contribution in [3.05, 3.63) is 77.1 Å². The van der Waals surface area contributed by atoms with Crippen molar-refractivity contribution < 1.29 is 9.59 Å². The molecule has 6 heteroatoms. The summed E-state index contributed by atoms with van der Waals surface area (Å²) < 4.78 is 1.80. The first-order chi connectivity index (χ1) is 14.6. The molecule has 0 saturated carbocycles. The van der Waals surface area contributed by atoms with Gasteiger partial charge in [0.25, 0.3) is 5.91 Å². The number of nitrogens with one attached hydrogen (secondary N) is 2. The minimum Gasteiger partial charge on any atom is -0.341 e. The molecule has 0 bridgehead atoms. The van der Waals surface area contributed by atoms with E-state index in [9.17, 15) is 9.59 Å². The van der Waals surface area contributed by atoms with Gasteiger partial charge in [-0.15, -0.1) is 0 Å². The zero-order valence-corrected chi connectivity index (χ0v) is 19.0. The van der Waals surface area contributed by atoms with Gasteiger partial charge in [-0.1, -0.05) is 51.1 Å². The van der Waals surface area contributed by atoms with Crippen molar-refractivity contribution in [2.45, 2.75) is 53.0 Å². The van der Waals surface area contributed by atoms with Crippen molar-refractivity contribution in [3.63, 3.8) is 0 Å². The van der Waals surface area contributed by atoms with Crippen LogP contribution in [0.25, 0.3) is 5.69 Å². The Hall–Kier alpha value is -3.41. The Morgan fingerprint density at radius 3 is 2.16 bits per heavy atom. The highest BCUT2D eigenvalue weighted by atomic mass is 16.2. The van der Waals surface area contributed by atoms with Gasteiger partial charge in [-0.2, -0.15) is 5.10 Å². The van der Waals surface area contributed by atoms with Crippen LogP contribution in [0.5, 0.6) is 0 Å². The normalized spacial score (nSPS) is 12.3. The highest BCUT2D eigenvalue weighted by molar-refractivity contribution is 6.01. The number of carbonyl (C=O) groups is 2. The van der Waals surface area contributed by atoms with Gasteiger partial charge in [0.1, 0.15) is 6.04 Å². The van der Waals surface area contributed by atoms with Gasteiger partial charge in [0, 0.05) is 5.56 Å². The molecule has 162 valence electrons. The van der Waals surface area contributed by atoms with Gasteiger partial charge < -0.3 is 10.6 Å². The van der Waals surface area contributed by atoms with Gasteiger partial charge in [0.2, 0.25) is 5.91 Å². The van der Waals surface area contributed by atoms with E-state index in [-0.39, 0.29) is 17.2 Å². The molecule has 0 fully saturated rings. The summed E-state index contributed by atoms with van der Waals surface area (Å²) in [6.45, 7) is 11.8. The quantitative estimate of drug-likeness (QED) is 0.638. The van der Waals surface area contributed by atoms with Crippen LogP contribution >= 0.6 is 0 Å². The van der Waals surface area contributed by atoms with E-state index in [1.165, 1.54) is 0 Å². The van der Waals surface area contributed by atoms with E-state index >= 15 is 0 Å². The number of anilines is 1. The van der Waals surface area contributed by atoms with Crippen LogP contribution < -0.4 is 10.6 Å². The summed E-state index contributed by atoms with van der Waals surface area (Å²) in [6, 6.07) is 16.5. The summed E-state index contributed by atoms with van der Waals surface area (Å²) in [5, 5.41) is 10.2. The molecule has 1 aromatic heterocycles. The lowest BCUT2D eigenvalue weighted by molar-refractivity contribution is -0.117. The smallest absolute Gasteiger partial charge is 0.251 e. The maximum atomic E-state index is 12.8. The average Bonchev–Trinajstić information content (AvgIpc) is 3.02. The second kappa shape index (κ2) is 8.76. The zero-order valence-electron chi connectivity index (χ0n) is 19.0. The molecule has 0 saturated heterocycles. The van der Waals surface area contributed by atoms with E-state index in [2.05, 4.69) is 36.5 Å². The molecule has 2 amide bonds. The number of nitrogens with zero attached hydrogens (tertiary/aromatic N) is 2. The molecule has 2 aromatic carbocycles. The van der Waals surface area contributed by atoms with Crippen molar-refractivity contribution in [1.82, 2.24) is 15.1 Å². The van der Waals surface area contributed by atoms with Crippen molar-refractivity contribution in [3.8, 4) is 5.69 Å². The number of hydrogen-bond acceptors (Lipinski definition) is 3. The minimum absolute atomic E-state index is 0.0160. The van der Waals surface area contributed by atoms with Crippen LogP contribution in [0.1, 0.15) is 55.0 Å². The van der Waals surface area contributed by atoms with E-state index in [0.717, 1.165) is 16.9 Å². The molecule has 1 atom stereocenters. The van der Waals surface area contributed by atoms with Crippen LogP contribution in [0.2, 0.25) is 0 Å². The third-order valence-corrected chi connectivity index (χ3v) is 5.29. The maximum Gasteiger partial charge on any atom is 0.251 e. The van der Waals surface area contributed by atoms with Gasteiger partial charge in [-0.25, -0.2) is 4.68 Å². The first-order valence-corrected chi connectivity index (χ1v) is 10.4. The largest absolute Gasteiger partial charge is 0.341 e. The van der Waals surface area contributed by atoms with Crippen molar-refractivity contribution in [1.29, 1.82) is 0 Å². The topological polar surface area (TPSA) is 76.0 Å². The summed E-state index contributed by atoms with van der Waals surface area (Å²) in [7, 11) is 0. The Bertz CT molecular complexity index is 1080. The second-order valence-electron chi connectivity index (χ2n) is 8.80. The number of aryl methyl sites for hydroxylation is 1. The van der Waals surface area contributed by atoms with E-state index in [1.807, 2.05) is 56.3 Å². The number of benzene rings is 2. The van der Waals surface area contributed by atoms with Crippen LogP contribution in [-0.2, 0) is 10.2 Å². The Kier molecular flexibility index (Phi) is 6.29. The van der Waals surface area contributed by atoms with Crippen LogP contribution in [0.15, 0.2) is 54.6 Å². The molecule has 1 heterocycles. The number of aromatic nitrogens is 2. The molecule has 3 rings (SSSR count). The van der Waals surface area contributed by atoms with Crippen LogP contribution in [0, 0.1) is 13.8 Å². The predicted molar refractivity (Wildman–Crippen MR) is 124 cm³/mol. The maximum absolute atomic E-state index is 12.8. The summed E-state index contributed by atoms with van der Waals surface area (Å²) in [4.78, 5) is 25.3. The number of para-hydroxylation sites is 1. The molecule has 6 nitrogen and oxygen atoms in total. The molecule has 0 aliphatic rings. The van der Waals surface area contributed by atoms with Crippen LogP contribution in [0.3, 0.4) is 0 Å². The van der Waals surface area contributed by atoms with Gasteiger partial charge in [-0.05, 0) is 56.0 Å². The lowest BCUT2D eigenvalue weighted by Gasteiger charge is -2.19. The molecule has 1 unspecified atom stereocenters. The number of rotatable bonds is 5. The molecule has 0 aliphatic carbocycles. The van der Waals surface area contributed by atoms with Gasteiger partial charge in [0.15, 0.2) is 0 Å². The molecule has 0 radical (unpaired) electrons. The fourth-order valence-corrected chi connectivity index (χ4v) is 3.34. The molecule has 31 heavy (non-hydrogen) atoms. The SMILES string of the molecule is Cc1nn(-c2ccccc2)c(C)c1NC(=O)C(C)NC(=O)c1ccc(C(C)(C)C)cc1. The molecular weight excluding hydrogens is 388 g/mol. The van der Waals surface area contributed by atoms with E-state index in [1.54, 1.807) is 23.7 Å². The molecule has 0 spiro atoms. The van der Waals surface area contributed by atoms with Crippen molar-refractivity contribution in [2.75, 3.05) is 5.32 Å². The van der Waals surface area contributed by atoms with Gasteiger partial charge in [0.05, 0.1) is 22.8 Å². The Balaban J connectivity index is 1.68. The van der Waals surface area contributed by atoms with E-state index in [0.29, 0.717) is 16.9 Å². The zero-order chi connectivity index (χ0) is 22.8. The second-order valence-corrected chi connectivity index (χ2v) is 8.80. The first kappa shape index (κ1) is 22.3. The summed E-state index contributed by atoms with van der Waals surface area (Å²) >= 11 is 0. The number of hydrogen-bond donors (Lipinski definition) is 2. The Labute approximate surface area is 183 Å². The van der Waals surface area contributed by atoms with Gasteiger partial charge >= 0.3 is 0 Å². The fourth-order valence-electron chi connectivity index (χ4n) is 3.34. The Morgan fingerprint density at radius 1 is 0.968 bits per heavy atom. The fraction of sp³-hybridized carbons (Fsp3) is 0.320. The van der Waals surface area contributed by atoms with E-state index in [4.69, 9.17) is 0 Å². The third-order valence-electron chi connectivity index (χ3n) is 5.29. The standard InChI is InChI=1S/C25H30N4O2/c1-16-22(18(3)29(28-16)21-10-8-7-9-11-21)27-23(30)17(2)26-24(31)19-12-14-20(15-13-19)25(4,5)6/h7-15,17H,1-6H3,(H,26,31)(H,27,30). The molecule has 3 aromatic rings. The van der Waals surface area contributed by atoms with Crippen LogP contribution in [-0.4, -0.2) is 27.6 Å². The average molecular weight is 419 g/mol. The number of amides is 2. The third kappa shape index (κ3) is 5.02. The highest BCUT2D eigenvalue weighted by Crippen LogP contribution is 2.23. The molecular formula is C25H30N4O2. The summed E-state index contributed by atoms with van der Waals surface area (Å²) in [6.07, 6.45) is 0. The van der Waals surface area contributed by atoms with Crippen molar-refractivity contribution in [2.24, 2.45) is 0 Å². The van der Waals surface area contributed by atoms with E-state index < -0.39 is 6.04 Å². The monoisotopic (exact) mass is 418 g/mol. The Morgan fingerprint density at radius 2 is 1.58 bits per heavy atom.